The fraction of sp³-hybridized carbons (Fsp3) is 0.429. The van der Waals surface area contributed by atoms with Crippen molar-refractivity contribution < 1.29 is 14.0 Å². The van der Waals surface area contributed by atoms with Gasteiger partial charge < -0.3 is 14.6 Å². The average Bonchev–Trinajstić information content (AvgIpc) is 2.97. The van der Waals surface area contributed by atoms with Crippen LogP contribution in [0.3, 0.4) is 0 Å². The third kappa shape index (κ3) is 5.22. The van der Waals surface area contributed by atoms with Crippen LogP contribution in [0, 0.1) is 13.8 Å². The van der Waals surface area contributed by atoms with Gasteiger partial charge in [0.25, 0.3) is 5.91 Å². The molecule has 5 nitrogen and oxygen atoms in total. The van der Waals surface area contributed by atoms with Crippen LogP contribution >= 0.6 is 0 Å². The van der Waals surface area contributed by atoms with Gasteiger partial charge in [-0.3, -0.25) is 9.59 Å². The van der Waals surface area contributed by atoms with Crippen LogP contribution in [0.4, 0.5) is 0 Å². The first kappa shape index (κ1) is 19.8. The van der Waals surface area contributed by atoms with Crippen molar-refractivity contribution in [2.75, 3.05) is 13.1 Å². The van der Waals surface area contributed by atoms with E-state index in [0.717, 1.165) is 17.7 Å². The van der Waals surface area contributed by atoms with E-state index in [-0.39, 0.29) is 24.3 Å². The number of nitrogens with one attached hydrogen (secondary N) is 1. The van der Waals surface area contributed by atoms with E-state index in [0.29, 0.717) is 24.4 Å². The standard InChI is InChI=1S/C21H28N2O3/c1-5-12-23(21(25)19-14-15(2)26-17(19)4)13-11-20(24)22-16(3)18-9-7-6-8-10-18/h6-10,14,16H,5,11-13H2,1-4H3,(H,22,24). The Bertz CT molecular complexity index is 737. The van der Waals surface area contributed by atoms with Crippen LogP contribution in [0.25, 0.3) is 0 Å². The van der Waals surface area contributed by atoms with Gasteiger partial charge in [-0.25, -0.2) is 0 Å². The molecule has 0 saturated heterocycles. The molecule has 140 valence electrons. The first-order chi connectivity index (χ1) is 12.4. The van der Waals surface area contributed by atoms with Crippen LogP contribution in [0.5, 0.6) is 0 Å². The van der Waals surface area contributed by atoms with Gasteiger partial charge in [0.15, 0.2) is 0 Å². The summed E-state index contributed by atoms with van der Waals surface area (Å²) in [6.07, 6.45) is 1.11. The highest BCUT2D eigenvalue weighted by atomic mass is 16.3. The largest absolute Gasteiger partial charge is 0.466 e. The van der Waals surface area contributed by atoms with Gasteiger partial charge in [0.05, 0.1) is 11.6 Å². The SMILES string of the molecule is CCCN(CCC(=O)NC(C)c1ccccc1)C(=O)c1cc(C)oc1C. The summed E-state index contributed by atoms with van der Waals surface area (Å²) in [6.45, 7) is 8.60. The number of carbonyl (C=O) groups is 2. The van der Waals surface area contributed by atoms with Crippen LogP contribution in [0.2, 0.25) is 0 Å². The van der Waals surface area contributed by atoms with Crippen molar-refractivity contribution in [1.82, 2.24) is 10.2 Å². The number of nitrogens with zero attached hydrogens (tertiary/aromatic N) is 1. The molecule has 26 heavy (non-hydrogen) atoms. The number of hydrogen-bond donors (Lipinski definition) is 1. The van der Waals surface area contributed by atoms with E-state index >= 15 is 0 Å². The van der Waals surface area contributed by atoms with Crippen molar-refractivity contribution in [2.45, 2.75) is 46.6 Å². The van der Waals surface area contributed by atoms with Gasteiger partial charge in [-0.15, -0.1) is 0 Å². The van der Waals surface area contributed by atoms with Crippen molar-refractivity contribution in [3.05, 3.63) is 59.0 Å². The fourth-order valence-electron chi connectivity index (χ4n) is 2.97. The number of furan rings is 1. The summed E-state index contributed by atoms with van der Waals surface area (Å²) in [5.41, 5.74) is 1.64. The summed E-state index contributed by atoms with van der Waals surface area (Å²) in [7, 11) is 0. The predicted octanol–water partition coefficient (Wildman–Crippen LogP) is 4.02. The molecule has 0 aliphatic heterocycles. The summed E-state index contributed by atoms with van der Waals surface area (Å²) in [6, 6.07) is 11.5. The van der Waals surface area contributed by atoms with E-state index < -0.39 is 0 Å². The molecular formula is C21H28N2O3. The summed E-state index contributed by atoms with van der Waals surface area (Å²) in [4.78, 5) is 26.8. The van der Waals surface area contributed by atoms with E-state index in [2.05, 4.69) is 5.32 Å². The van der Waals surface area contributed by atoms with Crippen LogP contribution in [-0.2, 0) is 4.79 Å². The van der Waals surface area contributed by atoms with Crippen molar-refractivity contribution in [3.8, 4) is 0 Å². The molecular weight excluding hydrogens is 328 g/mol. The van der Waals surface area contributed by atoms with E-state index in [9.17, 15) is 9.59 Å². The second kappa shape index (κ2) is 9.22. The summed E-state index contributed by atoms with van der Waals surface area (Å²) in [5.74, 6) is 1.20. The highest BCUT2D eigenvalue weighted by Gasteiger charge is 2.21. The zero-order valence-electron chi connectivity index (χ0n) is 16.0. The van der Waals surface area contributed by atoms with Crippen molar-refractivity contribution in [3.63, 3.8) is 0 Å². The van der Waals surface area contributed by atoms with E-state index in [1.54, 1.807) is 17.9 Å². The van der Waals surface area contributed by atoms with E-state index in [1.807, 2.05) is 51.1 Å². The molecule has 1 N–H and O–H groups in total. The molecule has 1 unspecified atom stereocenters. The highest BCUT2D eigenvalue weighted by molar-refractivity contribution is 5.95. The molecule has 0 saturated carbocycles. The highest BCUT2D eigenvalue weighted by Crippen LogP contribution is 2.17. The Hall–Kier alpha value is -2.56. The monoisotopic (exact) mass is 356 g/mol. The zero-order chi connectivity index (χ0) is 19.1. The van der Waals surface area contributed by atoms with Gasteiger partial charge in [-0.05, 0) is 38.8 Å². The molecule has 2 rings (SSSR count). The lowest BCUT2D eigenvalue weighted by atomic mass is 10.1. The maximum Gasteiger partial charge on any atom is 0.257 e. The van der Waals surface area contributed by atoms with Crippen LogP contribution in [0.1, 0.15) is 60.2 Å². The number of carbonyl (C=O) groups excluding carboxylic acids is 2. The maximum absolute atomic E-state index is 12.8. The zero-order valence-corrected chi connectivity index (χ0v) is 16.0. The quantitative estimate of drug-likeness (QED) is 0.777. The Labute approximate surface area is 155 Å². The molecule has 2 amide bonds. The molecule has 0 fully saturated rings. The molecule has 2 aromatic rings. The Morgan fingerprint density at radius 3 is 2.42 bits per heavy atom. The Morgan fingerprint density at radius 1 is 1.15 bits per heavy atom. The van der Waals surface area contributed by atoms with Crippen LogP contribution in [0.15, 0.2) is 40.8 Å². The molecule has 0 aliphatic rings. The normalized spacial score (nSPS) is 11.8. The molecule has 1 atom stereocenters. The van der Waals surface area contributed by atoms with Crippen molar-refractivity contribution in [2.24, 2.45) is 0 Å². The Morgan fingerprint density at radius 2 is 1.85 bits per heavy atom. The van der Waals surface area contributed by atoms with Crippen LogP contribution in [-0.4, -0.2) is 29.8 Å². The minimum absolute atomic E-state index is 0.0576. The smallest absolute Gasteiger partial charge is 0.257 e. The number of amides is 2. The molecule has 5 heteroatoms. The molecule has 1 heterocycles. The topological polar surface area (TPSA) is 62.6 Å². The van der Waals surface area contributed by atoms with Crippen molar-refractivity contribution >= 4 is 11.8 Å². The summed E-state index contributed by atoms with van der Waals surface area (Å²) in [5, 5.41) is 2.99. The maximum atomic E-state index is 12.8. The van der Waals surface area contributed by atoms with Gasteiger partial charge in [0, 0.05) is 19.5 Å². The van der Waals surface area contributed by atoms with E-state index in [1.165, 1.54) is 0 Å². The lowest BCUT2D eigenvalue weighted by Crippen LogP contribution is -2.36. The van der Waals surface area contributed by atoms with Crippen LogP contribution < -0.4 is 5.32 Å². The van der Waals surface area contributed by atoms with E-state index in [4.69, 9.17) is 4.42 Å². The van der Waals surface area contributed by atoms with Gasteiger partial charge >= 0.3 is 0 Å². The number of benzene rings is 1. The van der Waals surface area contributed by atoms with Crippen molar-refractivity contribution in [1.29, 1.82) is 0 Å². The number of hydrogen-bond acceptors (Lipinski definition) is 3. The second-order valence-electron chi connectivity index (χ2n) is 6.57. The van der Waals surface area contributed by atoms with Gasteiger partial charge in [-0.2, -0.15) is 0 Å². The van der Waals surface area contributed by atoms with Gasteiger partial charge in [0.1, 0.15) is 11.5 Å². The minimum Gasteiger partial charge on any atom is -0.466 e. The lowest BCUT2D eigenvalue weighted by Gasteiger charge is -2.22. The molecule has 0 radical (unpaired) electrons. The Balaban J connectivity index is 1.94. The van der Waals surface area contributed by atoms with Gasteiger partial charge in [0.2, 0.25) is 5.91 Å². The molecule has 1 aromatic carbocycles. The summed E-state index contributed by atoms with van der Waals surface area (Å²) < 4.78 is 5.46. The second-order valence-corrected chi connectivity index (χ2v) is 6.57. The first-order valence-electron chi connectivity index (χ1n) is 9.13. The third-order valence-corrected chi connectivity index (χ3v) is 4.34. The third-order valence-electron chi connectivity index (χ3n) is 4.34. The summed E-state index contributed by atoms with van der Waals surface area (Å²) >= 11 is 0. The Kier molecular flexibility index (Phi) is 7.01. The molecule has 1 aromatic heterocycles. The molecule has 0 bridgehead atoms. The fourth-order valence-corrected chi connectivity index (χ4v) is 2.97. The first-order valence-corrected chi connectivity index (χ1v) is 9.13. The van der Waals surface area contributed by atoms with Gasteiger partial charge in [-0.1, -0.05) is 37.3 Å². The minimum atomic E-state index is -0.0786. The lowest BCUT2D eigenvalue weighted by molar-refractivity contribution is -0.121. The average molecular weight is 356 g/mol. The number of aryl methyl sites for hydroxylation is 2. The predicted molar refractivity (Wildman–Crippen MR) is 102 cm³/mol. The molecule has 0 aliphatic carbocycles. The number of rotatable bonds is 8. The molecule has 0 spiro atoms.